The molecule has 0 aliphatic carbocycles. The van der Waals surface area contributed by atoms with Gasteiger partial charge in [-0.1, -0.05) is 30.3 Å². The van der Waals surface area contributed by atoms with E-state index in [0.29, 0.717) is 24.4 Å². The highest BCUT2D eigenvalue weighted by molar-refractivity contribution is 5.92. The zero-order valence-electron chi connectivity index (χ0n) is 16.1. The van der Waals surface area contributed by atoms with Crippen molar-refractivity contribution in [3.8, 4) is 0 Å². The molecule has 2 amide bonds. The van der Waals surface area contributed by atoms with Crippen molar-refractivity contribution < 1.29 is 19.1 Å². The number of amides is 2. The third-order valence-corrected chi connectivity index (χ3v) is 3.99. The van der Waals surface area contributed by atoms with Crippen molar-refractivity contribution in [2.45, 2.75) is 39.0 Å². The number of benzene rings is 2. The van der Waals surface area contributed by atoms with E-state index in [2.05, 4.69) is 10.6 Å². The monoisotopic (exact) mass is 382 g/mol. The molecule has 0 spiro atoms. The van der Waals surface area contributed by atoms with Crippen molar-refractivity contribution in [2.75, 3.05) is 17.2 Å². The summed E-state index contributed by atoms with van der Waals surface area (Å²) in [6.07, 6.45) is 2.56. The van der Waals surface area contributed by atoms with Crippen LogP contribution >= 0.6 is 0 Å². The third kappa shape index (κ3) is 8.49. The van der Waals surface area contributed by atoms with Crippen molar-refractivity contribution in [1.29, 1.82) is 0 Å². The van der Waals surface area contributed by atoms with Crippen LogP contribution in [0.2, 0.25) is 0 Å². The van der Waals surface area contributed by atoms with Gasteiger partial charge in [0, 0.05) is 31.1 Å². The molecule has 0 aliphatic heterocycles. The highest BCUT2D eigenvalue weighted by Gasteiger charge is 2.07. The normalized spacial score (nSPS) is 10.2. The first kappa shape index (κ1) is 21.2. The van der Waals surface area contributed by atoms with Crippen LogP contribution in [0.1, 0.15) is 38.2 Å². The molecule has 0 fully saturated rings. The molecule has 6 nitrogen and oxygen atoms in total. The van der Waals surface area contributed by atoms with Gasteiger partial charge in [-0.3, -0.25) is 14.4 Å². The standard InChI is InChI=1S/C22H26N2O4/c1-17(25)23-19-12-14-20(15-13-19)24-21(26)10-5-11-22(27)28-16-6-9-18-7-3-2-4-8-18/h2-4,7-8,12-15H,5-6,9-11,16H2,1H3,(H,23,25)(H,24,26). The number of rotatable bonds is 10. The van der Waals surface area contributed by atoms with Crippen LogP contribution in [-0.4, -0.2) is 24.4 Å². The molecule has 6 heteroatoms. The maximum absolute atomic E-state index is 11.9. The van der Waals surface area contributed by atoms with Gasteiger partial charge in [-0.15, -0.1) is 0 Å². The molecule has 2 rings (SSSR count). The Morgan fingerprint density at radius 3 is 2.11 bits per heavy atom. The predicted octanol–water partition coefficient (Wildman–Crippen LogP) is 3.93. The summed E-state index contributed by atoms with van der Waals surface area (Å²) in [6.45, 7) is 1.82. The number of carbonyl (C=O) groups excluding carboxylic acids is 3. The van der Waals surface area contributed by atoms with E-state index in [-0.39, 0.29) is 30.6 Å². The average molecular weight is 382 g/mol. The Bertz CT molecular complexity index is 773. The number of hydrogen-bond donors (Lipinski definition) is 2. The molecular weight excluding hydrogens is 356 g/mol. The lowest BCUT2D eigenvalue weighted by molar-refractivity contribution is -0.143. The van der Waals surface area contributed by atoms with Crippen LogP contribution in [0.5, 0.6) is 0 Å². The van der Waals surface area contributed by atoms with Gasteiger partial charge in [0.15, 0.2) is 0 Å². The Balaban J connectivity index is 1.57. The lowest BCUT2D eigenvalue weighted by Gasteiger charge is -2.07. The molecule has 0 unspecified atom stereocenters. The van der Waals surface area contributed by atoms with Gasteiger partial charge in [0.1, 0.15) is 0 Å². The van der Waals surface area contributed by atoms with Crippen LogP contribution in [-0.2, 0) is 25.5 Å². The van der Waals surface area contributed by atoms with Gasteiger partial charge >= 0.3 is 5.97 Å². The lowest BCUT2D eigenvalue weighted by atomic mass is 10.1. The first-order valence-electron chi connectivity index (χ1n) is 9.40. The number of esters is 1. The molecule has 0 radical (unpaired) electrons. The van der Waals surface area contributed by atoms with Crippen LogP contribution < -0.4 is 10.6 Å². The summed E-state index contributed by atoms with van der Waals surface area (Å²) in [7, 11) is 0. The first-order chi connectivity index (χ1) is 13.5. The van der Waals surface area contributed by atoms with Gasteiger partial charge in [-0.25, -0.2) is 0 Å². The van der Waals surface area contributed by atoms with Crippen molar-refractivity contribution >= 4 is 29.2 Å². The zero-order chi connectivity index (χ0) is 20.2. The topological polar surface area (TPSA) is 84.5 Å². The molecule has 0 bridgehead atoms. The minimum absolute atomic E-state index is 0.149. The summed E-state index contributed by atoms with van der Waals surface area (Å²) >= 11 is 0. The smallest absolute Gasteiger partial charge is 0.305 e. The van der Waals surface area contributed by atoms with Crippen molar-refractivity contribution in [3.05, 3.63) is 60.2 Å². The Labute approximate surface area is 165 Å². The minimum atomic E-state index is -0.277. The quantitative estimate of drug-likeness (QED) is 0.482. The number of anilines is 2. The zero-order valence-corrected chi connectivity index (χ0v) is 16.1. The molecule has 0 aromatic heterocycles. The van der Waals surface area contributed by atoms with E-state index >= 15 is 0 Å². The number of aryl methyl sites for hydroxylation is 1. The molecule has 0 aliphatic rings. The van der Waals surface area contributed by atoms with Gasteiger partial charge in [0.05, 0.1) is 6.61 Å². The summed E-state index contributed by atoms with van der Waals surface area (Å²) in [5, 5.41) is 5.42. The fourth-order valence-electron chi connectivity index (χ4n) is 2.64. The van der Waals surface area contributed by atoms with Crippen molar-refractivity contribution in [1.82, 2.24) is 0 Å². The first-order valence-corrected chi connectivity index (χ1v) is 9.40. The van der Waals surface area contributed by atoms with Gasteiger partial charge < -0.3 is 15.4 Å². The highest BCUT2D eigenvalue weighted by Crippen LogP contribution is 2.14. The Hall–Kier alpha value is -3.15. The molecule has 148 valence electrons. The van der Waals surface area contributed by atoms with Crippen molar-refractivity contribution in [3.63, 3.8) is 0 Å². The molecule has 0 heterocycles. The number of hydrogen-bond acceptors (Lipinski definition) is 4. The predicted molar refractivity (Wildman–Crippen MR) is 109 cm³/mol. The highest BCUT2D eigenvalue weighted by atomic mass is 16.5. The molecule has 2 N–H and O–H groups in total. The van der Waals surface area contributed by atoms with E-state index in [0.717, 1.165) is 12.8 Å². The van der Waals surface area contributed by atoms with E-state index in [1.54, 1.807) is 24.3 Å². The van der Waals surface area contributed by atoms with Gasteiger partial charge in [0.25, 0.3) is 0 Å². The summed E-state index contributed by atoms with van der Waals surface area (Å²) in [6, 6.07) is 16.9. The molecule has 0 atom stereocenters. The second-order valence-corrected chi connectivity index (χ2v) is 6.47. The van der Waals surface area contributed by atoms with E-state index in [1.807, 2.05) is 30.3 Å². The SMILES string of the molecule is CC(=O)Nc1ccc(NC(=O)CCCC(=O)OCCCc2ccccc2)cc1. The minimum Gasteiger partial charge on any atom is -0.466 e. The molecule has 2 aromatic carbocycles. The van der Waals surface area contributed by atoms with Crippen LogP contribution in [0, 0.1) is 0 Å². The molecule has 28 heavy (non-hydrogen) atoms. The molecular formula is C22H26N2O4. The Kier molecular flexibility index (Phi) is 8.72. The van der Waals surface area contributed by atoms with E-state index < -0.39 is 0 Å². The second kappa shape index (κ2) is 11.5. The van der Waals surface area contributed by atoms with Gasteiger partial charge in [0.2, 0.25) is 11.8 Å². The van der Waals surface area contributed by atoms with Crippen LogP contribution in [0.4, 0.5) is 11.4 Å². The summed E-state index contributed by atoms with van der Waals surface area (Å²) in [5.74, 6) is -0.589. The van der Waals surface area contributed by atoms with Crippen molar-refractivity contribution in [2.24, 2.45) is 0 Å². The largest absolute Gasteiger partial charge is 0.466 e. The molecule has 0 saturated heterocycles. The fourth-order valence-corrected chi connectivity index (χ4v) is 2.64. The van der Waals surface area contributed by atoms with Crippen LogP contribution in [0.3, 0.4) is 0 Å². The van der Waals surface area contributed by atoms with E-state index in [1.165, 1.54) is 12.5 Å². The number of ether oxygens (including phenoxy) is 1. The lowest BCUT2D eigenvalue weighted by Crippen LogP contribution is -2.13. The Morgan fingerprint density at radius 2 is 1.46 bits per heavy atom. The van der Waals surface area contributed by atoms with E-state index in [9.17, 15) is 14.4 Å². The number of carbonyl (C=O) groups is 3. The summed E-state index contributed by atoms with van der Waals surface area (Å²) < 4.78 is 5.20. The second-order valence-electron chi connectivity index (χ2n) is 6.47. The van der Waals surface area contributed by atoms with Crippen LogP contribution in [0.15, 0.2) is 54.6 Å². The maximum Gasteiger partial charge on any atom is 0.305 e. The maximum atomic E-state index is 11.9. The Morgan fingerprint density at radius 1 is 0.821 bits per heavy atom. The average Bonchev–Trinajstić information content (AvgIpc) is 2.67. The van der Waals surface area contributed by atoms with Gasteiger partial charge in [-0.05, 0) is 49.1 Å². The third-order valence-electron chi connectivity index (χ3n) is 3.99. The fraction of sp³-hybridized carbons (Fsp3) is 0.318. The summed E-state index contributed by atoms with van der Waals surface area (Å²) in [5.41, 5.74) is 2.53. The number of nitrogens with one attached hydrogen (secondary N) is 2. The van der Waals surface area contributed by atoms with Gasteiger partial charge in [-0.2, -0.15) is 0 Å². The van der Waals surface area contributed by atoms with E-state index in [4.69, 9.17) is 4.74 Å². The van der Waals surface area contributed by atoms with Crippen LogP contribution in [0.25, 0.3) is 0 Å². The molecule has 2 aromatic rings. The summed E-state index contributed by atoms with van der Waals surface area (Å²) in [4.78, 5) is 34.7. The molecule has 0 saturated carbocycles.